The molecule has 0 radical (unpaired) electrons. The molecule has 2 aromatic carbocycles. The molecule has 0 fully saturated rings. The van der Waals surface area contributed by atoms with E-state index in [0.29, 0.717) is 6.42 Å². The normalized spacial score (nSPS) is 15.5. The highest BCUT2D eigenvalue weighted by atomic mass is 16.7. The number of carboxylic acid groups (broad SMARTS) is 1. The van der Waals surface area contributed by atoms with Gasteiger partial charge in [0.1, 0.15) is 6.26 Å². The zero-order chi connectivity index (χ0) is 18.5. The van der Waals surface area contributed by atoms with E-state index in [0.717, 1.165) is 23.0 Å². The summed E-state index contributed by atoms with van der Waals surface area (Å²) in [7, 11) is 0. The first-order valence-corrected chi connectivity index (χ1v) is 7.98. The molecule has 1 N–H and O–H groups in total. The molecule has 1 aliphatic heterocycles. The predicted octanol–water partition coefficient (Wildman–Crippen LogP) is 2.78. The molecule has 2 aromatic rings. The van der Waals surface area contributed by atoms with Gasteiger partial charge >= 0.3 is 5.97 Å². The molecule has 6 heteroatoms. The van der Waals surface area contributed by atoms with Gasteiger partial charge in [0.15, 0.2) is 0 Å². The third kappa shape index (κ3) is 3.97. The average molecular weight is 352 g/mol. The fourth-order valence-electron chi connectivity index (χ4n) is 2.61. The maximum Gasteiger partial charge on any atom is 0.372 e. The molecule has 132 valence electrons. The van der Waals surface area contributed by atoms with Gasteiger partial charge < -0.3 is 14.6 Å². The van der Waals surface area contributed by atoms with E-state index >= 15 is 0 Å². The van der Waals surface area contributed by atoms with Gasteiger partial charge in [-0.1, -0.05) is 54.6 Å². The summed E-state index contributed by atoms with van der Waals surface area (Å²) >= 11 is 0. The molecule has 0 aliphatic carbocycles. The summed E-state index contributed by atoms with van der Waals surface area (Å²) in [5.41, 5.74) is 2.86. The number of hydrogen-bond donors (Lipinski definition) is 1. The standard InChI is InChI=1S/C20H16O6/c21-16(11-17(22)19(23)24)18-12-25-20(26-18)15-9-5-4-8-14(15)10-13-6-2-1-3-7-13/h1-9,12,20H,10-11H2,(H,23,24). The maximum absolute atomic E-state index is 12.0. The first-order valence-electron chi connectivity index (χ1n) is 7.98. The van der Waals surface area contributed by atoms with Crippen molar-refractivity contribution in [2.75, 3.05) is 0 Å². The van der Waals surface area contributed by atoms with E-state index in [1.807, 2.05) is 54.6 Å². The lowest BCUT2D eigenvalue weighted by Crippen LogP contribution is -2.18. The molecular weight excluding hydrogens is 336 g/mol. The highest BCUT2D eigenvalue weighted by Crippen LogP contribution is 2.32. The van der Waals surface area contributed by atoms with Gasteiger partial charge in [-0.2, -0.15) is 0 Å². The minimum atomic E-state index is -1.65. The Balaban J connectivity index is 1.71. The quantitative estimate of drug-likeness (QED) is 0.609. The summed E-state index contributed by atoms with van der Waals surface area (Å²) in [4.78, 5) is 33.7. The first-order chi connectivity index (χ1) is 12.5. The Kier molecular flexibility index (Phi) is 5.12. The van der Waals surface area contributed by atoms with Crippen molar-refractivity contribution in [2.24, 2.45) is 0 Å². The highest BCUT2D eigenvalue weighted by Gasteiger charge is 2.29. The minimum absolute atomic E-state index is 0.154. The average Bonchev–Trinajstić information content (AvgIpc) is 3.13. The van der Waals surface area contributed by atoms with Crippen molar-refractivity contribution < 1.29 is 29.0 Å². The van der Waals surface area contributed by atoms with Gasteiger partial charge in [-0.3, -0.25) is 9.59 Å². The zero-order valence-corrected chi connectivity index (χ0v) is 13.8. The van der Waals surface area contributed by atoms with Gasteiger partial charge in [0.2, 0.25) is 17.3 Å². The Labute approximate surface area is 149 Å². The second-order valence-corrected chi connectivity index (χ2v) is 5.76. The Bertz CT molecular complexity index is 869. The smallest absolute Gasteiger partial charge is 0.372 e. The van der Waals surface area contributed by atoms with E-state index in [2.05, 4.69) is 0 Å². The molecule has 1 atom stereocenters. The summed E-state index contributed by atoms with van der Waals surface area (Å²) in [5.74, 6) is -3.71. The second-order valence-electron chi connectivity index (χ2n) is 5.76. The van der Waals surface area contributed by atoms with Crippen LogP contribution < -0.4 is 0 Å². The molecule has 1 unspecified atom stereocenters. The number of hydrogen-bond acceptors (Lipinski definition) is 5. The Hall–Kier alpha value is -3.41. The lowest BCUT2D eigenvalue weighted by Gasteiger charge is -2.16. The van der Waals surface area contributed by atoms with Crippen LogP contribution in [-0.4, -0.2) is 22.6 Å². The number of carbonyl (C=O) groups is 3. The number of benzene rings is 2. The number of rotatable bonds is 7. The number of ether oxygens (including phenoxy) is 2. The van der Waals surface area contributed by atoms with E-state index in [1.54, 1.807) is 0 Å². The van der Waals surface area contributed by atoms with Gasteiger partial charge in [0.05, 0.1) is 6.42 Å². The van der Waals surface area contributed by atoms with Crippen LogP contribution in [0.25, 0.3) is 0 Å². The summed E-state index contributed by atoms with van der Waals surface area (Å²) in [6.45, 7) is 0. The van der Waals surface area contributed by atoms with Crippen molar-refractivity contribution in [2.45, 2.75) is 19.1 Å². The molecule has 0 amide bonds. The fourth-order valence-corrected chi connectivity index (χ4v) is 2.61. The zero-order valence-electron chi connectivity index (χ0n) is 13.8. The number of carbonyl (C=O) groups excluding carboxylic acids is 2. The van der Waals surface area contributed by atoms with E-state index in [4.69, 9.17) is 14.6 Å². The van der Waals surface area contributed by atoms with Gasteiger partial charge in [-0.15, -0.1) is 0 Å². The number of carboxylic acids is 1. The van der Waals surface area contributed by atoms with Crippen LogP contribution in [0.15, 0.2) is 66.6 Å². The van der Waals surface area contributed by atoms with Crippen LogP contribution in [0.1, 0.15) is 29.4 Å². The van der Waals surface area contributed by atoms with E-state index in [1.165, 1.54) is 0 Å². The summed E-state index contributed by atoms with van der Waals surface area (Å²) < 4.78 is 10.9. The van der Waals surface area contributed by atoms with E-state index < -0.39 is 30.2 Å². The minimum Gasteiger partial charge on any atom is -0.475 e. The molecule has 3 rings (SSSR count). The van der Waals surface area contributed by atoms with Crippen LogP contribution in [0.5, 0.6) is 0 Å². The largest absolute Gasteiger partial charge is 0.475 e. The Morgan fingerprint density at radius 1 is 0.962 bits per heavy atom. The molecule has 0 aromatic heterocycles. The molecular formula is C20H16O6. The van der Waals surface area contributed by atoms with Crippen molar-refractivity contribution in [1.29, 1.82) is 0 Å². The van der Waals surface area contributed by atoms with Crippen molar-refractivity contribution in [3.63, 3.8) is 0 Å². The van der Waals surface area contributed by atoms with Gasteiger partial charge in [0.25, 0.3) is 6.29 Å². The summed E-state index contributed by atoms with van der Waals surface area (Å²) in [6.07, 6.45) is 0.222. The maximum atomic E-state index is 12.0. The van der Waals surface area contributed by atoms with Crippen molar-refractivity contribution in [3.8, 4) is 0 Å². The van der Waals surface area contributed by atoms with Gasteiger partial charge in [-0.05, 0) is 17.5 Å². The van der Waals surface area contributed by atoms with Gasteiger partial charge in [-0.25, -0.2) is 4.79 Å². The van der Waals surface area contributed by atoms with Crippen LogP contribution in [0.3, 0.4) is 0 Å². The third-order valence-corrected chi connectivity index (χ3v) is 3.91. The molecule has 0 saturated carbocycles. The monoisotopic (exact) mass is 352 g/mol. The first kappa shape index (κ1) is 17.4. The molecule has 1 aliphatic rings. The van der Waals surface area contributed by atoms with Crippen molar-refractivity contribution in [3.05, 3.63) is 83.3 Å². The molecule has 6 nitrogen and oxygen atoms in total. The number of allylic oxidation sites excluding steroid dienone is 1. The lowest BCUT2D eigenvalue weighted by atomic mass is 9.99. The van der Waals surface area contributed by atoms with Crippen LogP contribution in [0.2, 0.25) is 0 Å². The van der Waals surface area contributed by atoms with Crippen molar-refractivity contribution >= 4 is 17.5 Å². The van der Waals surface area contributed by atoms with Crippen LogP contribution in [0.4, 0.5) is 0 Å². The van der Waals surface area contributed by atoms with Gasteiger partial charge in [0, 0.05) is 5.56 Å². The Morgan fingerprint density at radius 3 is 2.38 bits per heavy atom. The third-order valence-electron chi connectivity index (χ3n) is 3.91. The predicted molar refractivity (Wildman–Crippen MR) is 91.0 cm³/mol. The molecule has 0 saturated heterocycles. The van der Waals surface area contributed by atoms with E-state index in [9.17, 15) is 14.4 Å². The fraction of sp³-hybridized carbons (Fsp3) is 0.150. The topological polar surface area (TPSA) is 89.9 Å². The molecule has 1 heterocycles. The number of ketones is 2. The number of Topliss-reactive ketones (excluding diaryl/α,β-unsaturated/α-hetero) is 2. The molecule has 26 heavy (non-hydrogen) atoms. The molecule has 0 spiro atoms. The Morgan fingerprint density at radius 2 is 1.65 bits per heavy atom. The lowest BCUT2D eigenvalue weighted by molar-refractivity contribution is -0.150. The van der Waals surface area contributed by atoms with E-state index in [-0.39, 0.29) is 5.76 Å². The second kappa shape index (κ2) is 7.65. The highest BCUT2D eigenvalue weighted by molar-refractivity contribution is 6.37. The van der Waals surface area contributed by atoms with Crippen LogP contribution in [-0.2, 0) is 30.3 Å². The molecule has 0 bridgehead atoms. The van der Waals surface area contributed by atoms with Crippen LogP contribution in [0, 0.1) is 0 Å². The van der Waals surface area contributed by atoms with Crippen LogP contribution >= 0.6 is 0 Å². The SMILES string of the molecule is O=C(O)C(=O)CC(=O)C1=COC(c2ccccc2Cc2ccccc2)O1. The number of aliphatic carboxylic acids is 1. The summed E-state index contributed by atoms with van der Waals surface area (Å²) in [5, 5.41) is 8.59. The van der Waals surface area contributed by atoms with Crippen molar-refractivity contribution in [1.82, 2.24) is 0 Å². The summed E-state index contributed by atoms with van der Waals surface area (Å²) in [6, 6.07) is 17.4.